The smallest absolute Gasteiger partial charge is 0.277 e. The highest BCUT2D eigenvalue weighted by atomic mass is 32.1. The number of benzene rings is 2. The van der Waals surface area contributed by atoms with Crippen LogP contribution >= 0.6 is 11.5 Å². The number of fused-ring (bicyclic) bond motifs is 2. The minimum atomic E-state index is -0.470. The molecule has 0 saturated carbocycles. The number of hydrogen-bond donors (Lipinski definition) is 1. The highest BCUT2D eigenvalue weighted by Gasteiger charge is 2.12. The molecule has 0 aliphatic rings. The number of nitrogens with zero attached hydrogens (tertiary/aromatic N) is 5. The Labute approximate surface area is 155 Å². The molecule has 0 unspecified atom stereocenters. The zero-order valence-electron chi connectivity index (χ0n) is 13.9. The molecular weight excluding hydrogens is 371 g/mol. The van der Waals surface area contributed by atoms with Crippen molar-refractivity contribution in [2.75, 3.05) is 6.54 Å². The summed E-state index contributed by atoms with van der Waals surface area (Å²) in [6.45, 7) is 0.642. The summed E-state index contributed by atoms with van der Waals surface area (Å²) >= 11 is 1.17. The van der Waals surface area contributed by atoms with E-state index in [4.69, 9.17) is 0 Å². The van der Waals surface area contributed by atoms with Crippen molar-refractivity contribution in [1.82, 2.24) is 29.9 Å². The molecule has 8 nitrogen and oxygen atoms in total. The predicted octanol–water partition coefficient (Wildman–Crippen LogP) is 1.76. The Morgan fingerprint density at radius 2 is 2.07 bits per heavy atom. The van der Waals surface area contributed by atoms with Gasteiger partial charge >= 0.3 is 0 Å². The Morgan fingerprint density at radius 3 is 2.96 bits per heavy atom. The first-order valence-corrected chi connectivity index (χ1v) is 8.93. The van der Waals surface area contributed by atoms with Crippen LogP contribution in [0.1, 0.15) is 16.8 Å². The number of rotatable bonds is 5. The Kier molecular flexibility index (Phi) is 4.55. The molecule has 0 spiro atoms. The van der Waals surface area contributed by atoms with Gasteiger partial charge in [0, 0.05) is 19.2 Å². The third kappa shape index (κ3) is 3.38. The van der Waals surface area contributed by atoms with Crippen molar-refractivity contribution in [2.45, 2.75) is 13.0 Å². The highest BCUT2D eigenvalue weighted by molar-refractivity contribution is 7.13. The van der Waals surface area contributed by atoms with Gasteiger partial charge in [-0.25, -0.2) is 9.07 Å². The molecule has 0 saturated heterocycles. The van der Waals surface area contributed by atoms with Crippen LogP contribution in [0.3, 0.4) is 0 Å². The van der Waals surface area contributed by atoms with Crippen LogP contribution < -0.4 is 10.9 Å². The van der Waals surface area contributed by atoms with Gasteiger partial charge in [-0.3, -0.25) is 9.59 Å². The van der Waals surface area contributed by atoms with Gasteiger partial charge in [0.05, 0.1) is 15.6 Å². The number of carbonyl (C=O) groups excluding carboxylic acids is 1. The molecule has 1 amide bonds. The van der Waals surface area contributed by atoms with Gasteiger partial charge in [-0.1, -0.05) is 15.8 Å². The normalized spacial score (nSPS) is 11.1. The molecule has 0 atom stereocenters. The molecule has 1 N–H and O–H groups in total. The first kappa shape index (κ1) is 17.2. The van der Waals surface area contributed by atoms with E-state index in [9.17, 15) is 14.0 Å². The Bertz CT molecular complexity index is 1200. The maximum absolute atomic E-state index is 13.2. The summed E-state index contributed by atoms with van der Waals surface area (Å²) in [6.07, 6.45) is 0.490. The number of aryl methyl sites for hydroxylation is 1. The first-order chi connectivity index (χ1) is 13.1. The van der Waals surface area contributed by atoms with Gasteiger partial charge in [0.2, 0.25) is 0 Å². The van der Waals surface area contributed by atoms with Gasteiger partial charge < -0.3 is 5.32 Å². The molecule has 2 aromatic carbocycles. The SMILES string of the molecule is O=C(NCCCn1nnc2cc(F)ccc2c1=O)c1cccc2nnsc12. The second-order valence-electron chi connectivity index (χ2n) is 5.82. The number of amides is 1. The van der Waals surface area contributed by atoms with E-state index in [0.29, 0.717) is 29.4 Å². The molecule has 0 bridgehead atoms. The molecule has 0 fully saturated rings. The van der Waals surface area contributed by atoms with E-state index in [1.807, 2.05) is 0 Å². The average Bonchev–Trinajstić information content (AvgIpc) is 3.15. The van der Waals surface area contributed by atoms with Crippen molar-refractivity contribution in [1.29, 1.82) is 0 Å². The molecule has 136 valence electrons. The van der Waals surface area contributed by atoms with E-state index in [1.165, 1.54) is 34.4 Å². The summed E-state index contributed by atoms with van der Waals surface area (Å²) in [5.74, 6) is -0.693. The fraction of sp³-hybridized carbons (Fsp3) is 0.176. The van der Waals surface area contributed by atoms with Gasteiger partial charge in [0.25, 0.3) is 11.5 Å². The largest absolute Gasteiger partial charge is 0.352 e. The van der Waals surface area contributed by atoms with Gasteiger partial charge in [0.1, 0.15) is 16.9 Å². The standard InChI is InChI=1S/C17H13FN6O2S/c18-10-5-6-11-14(9-10)20-22-24(17(11)26)8-2-7-19-16(25)12-3-1-4-13-15(12)27-23-21-13/h1,3-6,9H,2,7-8H2,(H,19,25). The predicted molar refractivity (Wildman–Crippen MR) is 98.1 cm³/mol. The minimum absolute atomic E-state index is 0.218. The average molecular weight is 384 g/mol. The van der Waals surface area contributed by atoms with Crippen molar-refractivity contribution < 1.29 is 9.18 Å². The number of nitrogens with one attached hydrogen (secondary N) is 1. The highest BCUT2D eigenvalue weighted by Crippen LogP contribution is 2.20. The topological polar surface area (TPSA) is 103 Å². The lowest BCUT2D eigenvalue weighted by atomic mass is 10.2. The summed E-state index contributed by atoms with van der Waals surface area (Å²) in [6, 6.07) is 9.05. The van der Waals surface area contributed by atoms with Crippen LogP contribution in [0.5, 0.6) is 0 Å². The minimum Gasteiger partial charge on any atom is -0.352 e. The number of halogens is 1. The van der Waals surface area contributed by atoms with E-state index in [0.717, 1.165) is 4.70 Å². The molecule has 27 heavy (non-hydrogen) atoms. The van der Waals surface area contributed by atoms with E-state index in [-0.39, 0.29) is 23.5 Å². The lowest BCUT2D eigenvalue weighted by molar-refractivity contribution is 0.0954. The molecule has 2 heterocycles. The van der Waals surface area contributed by atoms with Gasteiger partial charge in [-0.15, -0.1) is 10.2 Å². The van der Waals surface area contributed by atoms with Crippen LogP contribution in [0, 0.1) is 5.82 Å². The maximum atomic E-state index is 13.2. The van der Waals surface area contributed by atoms with Crippen LogP contribution in [-0.4, -0.2) is 37.0 Å². The summed E-state index contributed by atoms with van der Waals surface area (Å²) in [5.41, 5.74) is 1.08. The number of aromatic nitrogens is 5. The van der Waals surface area contributed by atoms with E-state index in [1.54, 1.807) is 18.2 Å². The van der Waals surface area contributed by atoms with E-state index >= 15 is 0 Å². The second kappa shape index (κ2) is 7.16. The number of hydrogen-bond acceptors (Lipinski definition) is 7. The molecule has 4 aromatic rings. The van der Waals surface area contributed by atoms with Crippen LogP contribution in [-0.2, 0) is 6.54 Å². The summed E-state index contributed by atoms with van der Waals surface area (Å²) in [7, 11) is 0. The van der Waals surface area contributed by atoms with Crippen molar-refractivity contribution >= 4 is 38.6 Å². The Balaban J connectivity index is 1.40. The van der Waals surface area contributed by atoms with Crippen molar-refractivity contribution in [3.05, 3.63) is 58.1 Å². The van der Waals surface area contributed by atoms with Crippen LogP contribution in [0.15, 0.2) is 41.2 Å². The van der Waals surface area contributed by atoms with Crippen molar-refractivity contribution in [2.24, 2.45) is 0 Å². The monoisotopic (exact) mass is 384 g/mol. The van der Waals surface area contributed by atoms with Crippen LogP contribution in [0.4, 0.5) is 4.39 Å². The molecular formula is C17H13FN6O2S. The van der Waals surface area contributed by atoms with Crippen LogP contribution in [0.25, 0.3) is 21.1 Å². The Hall–Kier alpha value is -3.27. The van der Waals surface area contributed by atoms with E-state index < -0.39 is 5.82 Å². The summed E-state index contributed by atoms with van der Waals surface area (Å²) in [5, 5.41) is 14.8. The zero-order valence-corrected chi connectivity index (χ0v) is 14.7. The van der Waals surface area contributed by atoms with Gasteiger partial charge in [-0.05, 0) is 42.2 Å². The maximum Gasteiger partial charge on any atom is 0.277 e. The van der Waals surface area contributed by atoms with E-state index in [2.05, 4.69) is 25.2 Å². The molecule has 2 aromatic heterocycles. The van der Waals surface area contributed by atoms with Crippen LogP contribution in [0.2, 0.25) is 0 Å². The fourth-order valence-corrected chi connectivity index (χ4v) is 3.38. The first-order valence-electron chi connectivity index (χ1n) is 8.16. The molecule has 0 radical (unpaired) electrons. The van der Waals surface area contributed by atoms with Gasteiger partial charge in [0.15, 0.2) is 0 Å². The molecule has 0 aliphatic heterocycles. The molecule has 10 heteroatoms. The number of carbonyl (C=O) groups is 1. The van der Waals surface area contributed by atoms with Crippen molar-refractivity contribution in [3.8, 4) is 0 Å². The van der Waals surface area contributed by atoms with Crippen molar-refractivity contribution in [3.63, 3.8) is 0 Å². The second-order valence-corrected chi connectivity index (χ2v) is 6.57. The van der Waals surface area contributed by atoms with Gasteiger partial charge in [-0.2, -0.15) is 0 Å². The third-order valence-electron chi connectivity index (χ3n) is 4.04. The molecule has 4 rings (SSSR count). The summed E-state index contributed by atoms with van der Waals surface area (Å²) < 4.78 is 19.0. The quantitative estimate of drug-likeness (QED) is 0.526. The zero-order chi connectivity index (χ0) is 18.8. The fourth-order valence-electron chi connectivity index (χ4n) is 2.71. The lowest BCUT2D eigenvalue weighted by Crippen LogP contribution is -2.28. The Morgan fingerprint density at radius 1 is 1.19 bits per heavy atom. The molecule has 0 aliphatic carbocycles. The third-order valence-corrected chi connectivity index (χ3v) is 4.81. The lowest BCUT2D eigenvalue weighted by Gasteiger charge is -2.07. The summed E-state index contributed by atoms with van der Waals surface area (Å²) in [4.78, 5) is 24.7.